The molecule has 0 saturated carbocycles. The van der Waals surface area contributed by atoms with E-state index in [1.54, 1.807) is 6.07 Å². The summed E-state index contributed by atoms with van der Waals surface area (Å²) in [7, 11) is 0. The number of amides is 1. The lowest BCUT2D eigenvalue weighted by Crippen LogP contribution is -2.12. The third kappa shape index (κ3) is 4.89. The van der Waals surface area contributed by atoms with Crippen LogP contribution in [0, 0.1) is 17.0 Å². The fourth-order valence-corrected chi connectivity index (χ4v) is 2.37. The summed E-state index contributed by atoms with van der Waals surface area (Å²) in [4.78, 5) is 21.8. The van der Waals surface area contributed by atoms with E-state index in [0.29, 0.717) is 11.3 Å². The Bertz CT molecular complexity index is 860. The van der Waals surface area contributed by atoms with Crippen LogP contribution in [0.2, 0.25) is 0 Å². The zero-order valence-electron chi connectivity index (χ0n) is 15.1. The quantitative estimate of drug-likeness (QED) is 0.475. The fourth-order valence-electron chi connectivity index (χ4n) is 2.37. The predicted molar refractivity (Wildman–Crippen MR) is 99.8 cm³/mol. The van der Waals surface area contributed by atoms with E-state index in [9.17, 15) is 14.9 Å². The molecule has 26 heavy (non-hydrogen) atoms. The molecule has 2 aromatic rings. The molecule has 0 aliphatic heterocycles. The highest BCUT2D eigenvalue weighted by molar-refractivity contribution is 5.83. The molecule has 2 rings (SSSR count). The van der Waals surface area contributed by atoms with Crippen molar-refractivity contribution >= 4 is 17.8 Å². The Morgan fingerprint density at radius 1 is 1.23 bits per heavy atom. The third-order valence-corrected chi connectivity index (χ3v) is 3.63. The van der Waals surface area contributed by atoms with Crippen LogP contribution in [-0.2, 0) is 4.79 Å². The van der Waals surface area contributed by atoms with Gasteiger partial charge in [0, 0.05) is 18.6 Å². The van der Waals surface area contributed by atoms with Crippen LogP contribution in [0.1, 0.15) is 43.4 Å². The summed E-state index contributed by atoms with van der Waals surface area (Å²) in [5.74, 6) is 0.645. The molecular formula is C19H21N3O4. The number of benzene rings is 2. The van der Waals surface area contributed by atoms with Crippen LogP contribution >= 0.6 is 0 Å². The second-order valence-corrected chi connectivity index (χ2v) is 6.21. The van der Waals surface area contributed by atoms with E-state index >= 15 is 0 Å². The molecule has 0 saturated heterocycles. The molecule has 0 spiro atoms. The van der Waals surface area contributed by atoms with Gasteiger partial charge in [-0.1, -0.05) is 26.0 Å². The highest BCUT2D eigenvalue weighted by Crippen LogP contribution is 2.36. The van der Waals surface area contributed by atoms with Crippen molar-refractivity contribution in [3.63, 3.8) is 0 Å². The fraction of sp³-hybridized carbons (Fsp3) is 0.263. The van der Waals surface area contributed by atoms with Crippen LogP contribution in [0.4, 0.5) is 5.69 Å². The average Bonchev–Trinajstić information content (AvgIpc) is 2.55. The van der Waals surface area contributed by atoms with E-state index in [0.717, 1.165) is 11.1 Å². The van der Waals surface area contributed by atoms with E-state index in [-0.39, 0.29) is 23.3 Å². The number of rotatable bonds is 6. The minimum atomic E-state index is -0.504. The maximum Gasteiger partial charge on any atom is 0.312 e. The number of hydrazone groups is 1. The number of hydrogen-bond donors (Lipinski definition) is 1. The molecular weight excluding hydrogens is 334 g/mol. The lowest BCUT2D eigenvalue weighted by Gasteiger charge is -2.14. The van der Waals surface area contributed by atoms with Crippen LogP contribution in [0.5, 0.6) is 11.5 Å². The molecule has 0 bridgehead atoms. The van der Waals surface area contributed by atoms with Gasteiger partial charge >= 0.3 is 5.69 Å². The number of carbonyl (C=O) groups excluding carboxylic acids is 1. The first-order valence-corrected chi connectivity index (χ1v) is 8.14. The Hall–Kier alpha value is -3.22. The average molecular weight is 355 g/mol. The smallest absolute Gasteiger partial charge is 0.312 e. The van der Waals surface area contributed by atoms with E-state index in [2.05, 4.69) is 10.5 Å². The highest BCUT2D eigenvalue weighted by Gasteiger charge is 2.18. The Labute approximate surface area is 151 Å². The van der Waals surface area contributed by atoms with Gasteiger partial charge in [-0.2, -0.15) is 5.10 Å². The summed E-state index contributed by atoms with van der Waals surface area (Å²) in [6.07, 6.45) is 1.34. The summed E-state index contributed by atoms with van der Waals surface area (Å²) in [5.41, 5.74) is 4.54. The molecule has 0 aliphatic carbocycles. The second-order valence-electron chi connectivity index (χ2n) is 6.21. The van der Waals surface area contributed by atoms with Crippen molar-refractivity contribution in [2.24, 2.45) is 5.10 Å². The molecule has 0 atom stereocenters. The maximum absolute atomic E-state index is 11.4. The molecule has 7 heteroatoms. The summed E-state index contributed by atoms with van der Waals surface area (Å²) in [6, 6.07) is 10.3. The number of aryl methyl sites for hydroxylation is 1. The molecule has 0 radical (unpaired) electrons. The van der Waals surface area contributed by atoms with Crippen molar-refractivity contribution in [1.29, 1.82) is 0 Å². The largest absolute Gasteiger partial charge is 0.450 e. The first kappa shape index (κ1) is 19.1. The van der Waals surface area contributed by atoms with Gasteiger partial charge in [0.25, 0.3) is 0 Å². The molecule has 0 aromatic heterocycles. The van der Waals surface area contributed by atoms with E-state index in [1.807, 2.05) is 39.0 Å². The molecule has 0 aliphatic rings. The van der Waals surface area contributed by atoms with Gasteiger partial charge in [0.1, 0.15) is 5.75 Å². The monoisotopic (exact) mass is 355 g/mol. The van der Waals surface area contributed by atoms with Crippen molar-refractivity contribution in [2.75, 3.05) is 0 Å². The zero-order valence-corrected chi connectivity index (χ0v) is 15.1. The van der Waals surface area contributed by atoms with E-state index < -0.39 is 4.92 Å². The summed E-state index contributed by atoms with van der Waals surface area (Å²) >= 11 is 0. The molecule has 136 valence electrons. The predicted octanol–water partition coefficient (Wildman–Crippen LogP) is 4.29. The molecule has 0 heterocycles. The molecule has 1 N–H and O–H groups in total. The van der Waals surface area contributed by atoms with Gasteiger partial charge in [-0.3, -0.25) is 14.9 Å². The molecule has 2 aromatic carbocycles. The lowest BCUT2D eigenvalue weighted by atomic mass is 10.0. The number of nitrogens with zero attached hydrogens (tertiary/aromatic N) is 2. The van der Waals surface area contributed by atoms with Crippen molar-refractivity contribution in [3.8, 4) is 11.5 Å². The Kier molecular flexibility index (Phi) is 6.06. The third-order valence-electron chi connectivity index (χ3n) is 3.63. The van der Waals surface area contributed by atoms with E-state index in [4.69, 9.17) is 4.74 Å². The molecule has 1 amide bonds. The lowest BCUT2D eigenvalue weighted by molar-refractivity contribution is -0.385. The van der Waals surface area contributed by atoms with Gasteiger partial charge in [0.2, 0.25) is 11.7 Å². The SMILES string of the molecule is CC(=O)N/N=C\c1ccc(Oc2cc(C)ccc2C(C)C)c([N+](=O)[O-])c1. The topological polar surface area (TPSA) is 93.8 Å². The summed E-state index contributed by atoms with van der Waals surface area (Å²) in [6.45, 7) is 7.33. The highest BCUT2D eigenvalue weighted by atomic mass is 16.6. The first-order valence-electron chi connectivity index (χ1n) is 8.14. The van der Waals surface area contributed by atoms with Crippen molar-refractivity contribution < 1.29 is 14.5 Å². The number of carbonyl (C=O) groups is 1. The number of nitro groups is 1. The zero-order chi connectivity index (χ0) is 19.3. The molecule has 7 nitrogen and oxygen atoms in total. The number of nitrogens with one attached hydrogen (secondary N) is 1. The summed E-state index contributed by atoms with van der Waals surface area (Å²) < 4.78 is 5.89. The van der Waals surface area contributed by atoms with Crippen LogP contribution in [-0.4, -0.2) is 17.0 Å². The Morgan fingerprint density at radius 3 is 2.58 bits per heavy atom. The van der Waals surface area contributed by atoms with Crippen molar-refractivity contribution in [3.05, 3.63) is 63.2 Å². The Morgan fingerprint density at radius 2 is 1.96 bits per heavy atom. The number of hydrogen-bond acceptors (Lipinski definition) is 5. The second kappa shape index (κ2) is 8.24. The van der Waals surface area contributed by atoms with Gasteiger partial charge in [0.05, 0.1) is 11.1 Å². The van der Waals surface area contributed by atoms with E-state index in [1.165, 1.54) is 25.3 Å². The van der Waals surface area contributed by atoms with Gasteiger partial charge < -0.3 is 4.74 Å². The standard InChI is InChI=1S/C19H21N3O4/c1-12(2)16-7-5-13(3)9-19(16)26-18-8-6-15(10-17(18)22(24)25)11-20-21-14(4)23/h5-12H,1-4H3,(H,21,23)/b20-11-. The van der Waals surface area contributed by atoms with Gasteiger partial charge in [-0.15, -0.1) is 0 Å². The minimum absolute atomic E-state index is 0.152. The summed E-state index contributed by atoms with van der Waals surface area (Å²) in [5, 5.41) is 15.2. The number of ether oxygens (including phenoxy) is 1. The number of nitro benzene ring substituents is 1. The van der Waals surface area contributed by atoms with Crippen LogP contribution in [0.3, 0.4) is 0 Å². The molecule has 0 fully saturated rings. The Balaban J connectivity index is 2.38. The van der Waals surface area contributed by atoms with Crippen LogP contribution in [0.25, 0.3) is 0 Å². The normalized spacial score (nSPS) is 11.0. The van der Waals surface area contributed by atoms with Gasteiger partial charge in [-0.25, -0.2) is 5.43 Å². The minimum Gasteiger partial charge on any atom is -0.450 e. The van der Waals surface area contributed by atoms with Crippen molar-refractivity contribution in [2.45, 2.75) is 33.6 Å². The van der Waals surface area contributed by atoms with Gasteiger partial charge in [-0.05, 0) is 42.2 Å². The first-order chi connectivity index (χ1) is 12.3. The maximum atomic E-state index is 11.4. The van der Waals surface area contributed by atoms with Crippen LogP contribution < -0.4 is 10.2 Å². The van der Waals surface area contributed by atoms with Crippen LogP contribution in [0.15, 0.2) is 41.5 Å². The van der Waals surface area contributed by atoms with Crippen molar-refractivity contribution in [1.82, 2.24) is 5.43 Å². The van der Waals surface area contributed by atoms with Gasteiger partial charge in [0.15, 0.2) is 0 Å². The molecule has 0 unspecified atom stereocenters.